The van der Waals surface area contributed by atoms with Crippen LogP contribution in [0.2, 0.25) is 0 Å². The molecule has 2 aromatic rings. The number of benzene rings is 1. The minimum absolute atomic E-state index is 0.657. The first kappa shape index (κ1) is 10.8. The Morgan fingerprint density at radius 2 is 2.25 bits per heavy atom. The zero-order valence-corrected chi connectivity index (χ0v) is 9.66. The molecule has 3 nitrogen and oxygen atoms in total. The highest BCUT2D eigenvalue weighted by molar-refractivity contribution is 7.13. The first-order valence-corrected chi connectivity index (χ1v) is 5.67. The van der Waals surface area contributed by atoms with E-state index in [1.54, 1.807) is 13.3 Å². The van der Waals surface area contributed by atoms with Gasteiger partial charge in [-0.3, -0.25) is 4.79 Å². The predicted octanol–water partition coefficient (Wildman–Crippen LogP) is 2.56. The van der Waals surface area contributed by atoms with E-state index >= 15 is 0 Å². The molecule has 0 radical (unpaired) electrons. The van der Waals surface area contributed by atoms with Gasteiger partial charge < -0.3 is 4.74 Å². The third kappa shape index (κ3) is 2.28. The van der Waals surface area contributed by atoms with Crippen LogP contribution in [-0.4, -0.2) is 18.4 Å². The molecule has 0 bridgehead atoms. The molecule has 16 heavy (non-hydrogen) atoms. The lowest BCUT2D eigenvalue weighted by molar-refractivity contribution is 0.112. The van der Waals surface area contributed by atoms with Crippen LogP contribution in [-0.2, 0) is 6.42 Å². The molecular weight excluding hydrogens is 222 g/mol. The minimum Gasteiger partial charge on any atom is -0.496 e. The highest BCUT2D eigenvalue weighted by Gasteiger charge is 2.06. The van der Waals surface area contributed by atoms with Gasteiger partial charge >= 0.3 is 0 Å². The molecule has 0 saturated carbocycles. The topological polar surface area (TPSA) is 39.2 Å². The van der Waals surface area contributed by atoms with Gasteiger partial charge in [0.25, 0.3) is 0 Å². The van der Waals surface area contributed by atoms with Crippen LogP contribution in [0.15, 0.2) is 30.5 Å². The van der Waals surface area contributed by atoms with Crippen molar-refractivity contribution in [3.8, 4) is 5.75 Å². The maximum Gasteiger partial charge on any atom is 0.161 e. The molecule has 4 heteroatoms. The Kier molecular flexibility index (Phi) is 3.31. The Morgan fingerprint density at radius 1 is 1.44 bits per heavy atom. The van der Waals surface area contributed by atoms with Gasteiger partial charge in [0.2, 0.25) is 0 Å². The number of para-hydroxylation sites is 1. The van der Waals surface area contributed by atoms with E-state index in [1.807, 2.05) is 24.3 Å². The number of carbonyl (C=O) groups is 1. The average molecular weight is 233 g/mol. The third-order valence-corrected chi connectivity index (χ3v) is 3.14. The normalized spacial score (nSPS) is 10.1. The molecule has 82 valence electrons. The van der Waals surface area contributed by atoms with E-state index < -0.39 is 0 Å². The number of methoxy groups -OCH3 is 1. The molecule has 0 N–H and O–H groups in total. The van der Waals surface area contributed by atoms with Crippen molar-refractivity contribution in [2.45, 2.75) is 6.42 Å². The van der Waals surface area contributed by atoms with Gasteiger partial charge in [-0.15, -0.1) is 11.3 Å². The first-order valence-electron chi connectivity index (χ1n) is 4.85. The third-order valence-electron chi connectivity index (χ3n) is 2.22. The molecule has 0 atom stereocenters. The highest BCUT2D eigenvalue weighted by atomic mass is 32.1. The summed E-state index contributed by atoms with van der Waals surface area (Å²) in [6.45, 7) is 0. The van der Waals surface area contributed by atoms with E-state index in [0.29, 0.717) is 11.3 Å². The molecule has 0 amide bonds. The summed E-state index contributed by atoms with van der Waals surface area (Å²) in [6, 6.07) is 7.82. The molecule has 0 aliphatic carbocycles. The molecule has 0 fully saturated rings. The largest absolute Gasteiger partial charge is 0.496 e. The molecule has 2 rings (SSSR count). The van der Waals surface area contributed by atoms with Gasteiger partial charge in [-0.05, 0) is 6.07 Å². The molecule has 0 unspecified atom stereocenters. The maximum atomic E-state index is 10.5. The lowest BCUT2D eigenvalue weighted by Gasteiger charge is -2.05. The van der Waals surface area contributed by atoms with Gasteiger partial charge in [0.05, 0.1) is 17.0 Å². The fourth-order valence-corrected chi connectivity index (χ4v) is 2.23. The van der Waals surface area contributed by atoms with E-state index in [2.05, 4.69) is 4.98 Å². The van der Waals surface area contributed by atoms with Gasteiger partial charge in [0.1, 0.15) is 5.75 Å². The van der Waals surface area contributed by atoms with E-state index in [9.17, 15) is 4.79 Å². The summed E-state index contributed by atoms with van der Waals surface area (Å²) in [5, 5.41) is 0.923. The Hall–Kier alpha value is -1.68. The standard InChI is InChI=1S/C12H11NO2S/c1-15-11-5-3-2-4-9(11)6-12-13-7-10(8-14)16-12/h2-5,7-8H,6H2,1H3. The van der Waals surface area contributed by atoms with Gasteiger partial charge in [-0.25, -0.2) is 4.98 Å². The smallest absolute Gasteiger partial charge is 0.161 e. The van der Waals surface area contributed by atoms with Crippen LogP contribution < -0.4 is 4.74 Å². The van der Waals surface area contributed by atoms with Crippen molar-refractivity contribution in [3.63, 3.8) is 0 Å². The van der Waals surface area contributed by atoms with Crippen molar-refractivity contribution < 1.29 is 9.53 Å². The minimum atomic E-state index is 0.657. The molecule has 0 spiro atoms. The second kappa shape index (κ2) is 4.90. The zero-order chi connectivity index (χ0) is 11.4. The second-order valence-electron chi connectivity index (χ2n) is 3.26. The second-order valence-corrected chi connectivity index (χ2v) is 4.41. The molecular formula is C12H11NO2S. The van der Waals surface area contributed by atoms with E-state index in [1.165, 1.54) is 11.3 Å². The number of aromatic nitrogens is 1. The number of hydrogen-bond donors (Lipinski definition) is 0. The summed E-state index contributed by atoms with van der Waals surface area (Å²) in [4.78, 5) is 15.4. The molecule has 1 aromatic carbocycles. The summed E-state index contributed by atoms with van der Waals surface area (Å²) < 4.78 is 5.26. The lowest BCUT2D eigenvalue weighted by atomic mass is 10.1. The van der Waals surface area contributed by atoms with E-state index in [-0.39, 0.29) is 0 Å². The summed E-state index contributed by atoms with van der Waals surface area (Å²) in [7, 11) is 1.65. The molecule has 0 aliphatic heterocycles. The number of nitrogens with zero attached hydrogens (tertiary/aromatic N) is 1. The molecule has 1 aromatic heterocycles. The molecule has 0 saturated heterocycles. The molecule has 0 aliphatic rings. The quantitative estimate of drug-likeness (QED) is 0.762. The highest BCUT2D eigenvalue weighted by Crippen LogP contribution is 2.22. The monoisotopic (exact) mass is 233 g/mol. The van der Waals surface area contributed by atoms with Crippen LogP contribution in [0.4, 0.5) is 0 Å². The first-order chi connectivity index (χ1) is 7.83. The maximum absolute atomic E-state index is 10.5. The van der Waals surface area contributed by atoms with Crippen LogP contribution in [0.3, 0.4) is 0 Å². The predicted molar refractivity (Wildman–Crippen MR) is 63.3 cm³/mol. The fraction of sp³-hybridized carbons (Fsp3) is 0.167. The Bertz CT molecular complexity index is 493. The van der Waals surface area contributed by atoms with Crippen molar-refractivity contribution in [1.82, 2.24) is 4.98 Å². The number of rotatable bonds is 4. The van der Waals surface area contributed by atoms with Crippen LogP contribution >= 0.6 is 11.3 Å². The number of aldehydes is 1. The van der Waals surface area contributed by atoms with Crippen molar-refractivity contribution in [2.75, 3.05) is 7.11 Å². The fourth-order valence-electron chi connectivity index (χ4n) is 1.47. The molecule has 1 heterocycles. The van der Waals surface area contributed by atoms with Crippen molar-refractivity contribution in [1.29, 1.82) is 0 Å². The number of ether oxygens (including phenoxy) is 1. The summed E-state index contributed by atoms with van der Waals surface area (Å²) in [5.74, 6) is 0.852. The van der Waals surface area contributed by atoms with Gasteiger partial charge in [0, 0.05) is 18.2 Å². The number of hydrogen-bond acceptors (Lipinski definition) is 4. The van der Waals surface area contributed by atoms with Crippen molar-refractivity contribution >= 4 is 17.6 Å². The Balaban J connectivity index is 2.22. The van der Waals surface area contributed by atoms with Crippen molar-refractivity contribution in [3.05, 3.63) is 45.9 Å². The lowest BCUT2D eigenvalue weighted by Crippen LogP contribution is -1.92. The summed E-state index contributed by atoms with van der Waals surface area (Å²) in [6.07, 6.45) is 3.12. The van der Waals surface area contributed by atoms with Gasteiger partial charge in [-0.1, -0.05) is 18.2 Å². The average Bonchev–Trinajstić information content (AvgIpc) is 2.77. The van der Waals surface area contributed by atoms with Crippen LogP contribution in [0, 0.1) is 0 Å². The van der Waals surface area contributed by atoms with E-state index in [0.717, 1.165) is 22.6 Å². The summed E-state index contributed by atoms with van der Waals surface area (Å²) in [5.41, 5.74) is 1.08. The van der Waals surface area contributed by atoms with E-state index in [4.69, 9.17) is 4.74 Å². The Labute approximate surface area is 97.7 Å². The number of thiazole rings is 1. The van der Waals surface area contributed by atoms with Gasteiger partial charge in [0.15, 0.2) is 6.29 Å². The SMILES string of the molecule is COc1ccccc1Cc1ncc(C=O)s1. The number of carbonyl (C=O) groups excluding carboxylic acids is 1. The van der Waals surface area contributed by atoms with Gasteiger partial charge in [-0.2, -0.15) is 0 Å². The summed E-state index contributed by atoms with van der Waals surface area (Å²) >= 11 is 1.41. The van der Waals surface area contributed by atoms with Crippen molar-refractivity contribution in [2.24, 2.45) is 0 Å². The van der Waals surface area contributed by atoms with Crippen LogP contribution in [0.1, 0.15) is 20.2 Å². The Morgan fingerprint density at radius 3 is 2.94 bits per heavy atom. The zero-order valence-electron chi connectivity index (χ0n) is 8.84. The van der Waals surface area contributed by atoms with Crippen LogP contribution in [0.25, 0.3) is 0 Å². The van der Waals surface area contributed by atoms with Crippen LogP contribution in [0.5, 0.6) is 5.75 Å².